The zero-order valence-electron chi connectivity index (χ0n) is 16.0. The molecule has 1 fully saturated rings. The van der Waals surface area contributed by atoms with Gasteiger partial charge in [0.2, 0.25) is 11.4 Å². The summed E-state index contributed by atoms with van der Waals surface area (Å²) >= 11 is 0. The number of hydrogen-bond donors (Lipinski definition) is 0. The van der Waals surface area contributed by atoms with E-state index in [2.05, 4.69) is 0 Å². The summed E-state index contributed by atoms with van der Waals surface area (Å²) in [5.74, 6) is -1.83. The molecule has 6 nitrogen and oxygen atoms in total. The zero-order chi connectivity index (χ0) is 20.1. The fourth-order valence-corrected chi connectivity index (χ4v) is 3.49. The molecule has 3 rings (SSSR count). The first-order valence-electron chi connectivity index (χ1n) is 9.37. The smallest absolute Gasteiger partial charge is 0.344 e. The number of amides is 1. The van der Waals surface area contributed by atoms with Crippen molar-refractivity contribution in [3.05, 3.63) is 54.6 Å². The first-order chi connectivity index (χ1) is 13.5. The molecule has 0 unspecified atom stereocenters. The summed E-state index contributed by atoms with van der Waals surface area (Å²) in [6.45, 7) is 3.53. The predicted molar refractivity (Wildman–Crippen MR) is 105 cm³/mol. The van der Waals surface area contributed by atoms with E-state index in [4.69, 9.17) is 9.47 Å². The van der Waals surface area contributed by atoms with Crippen LogP contribution in [-0.4, -0.2) is 36.6 Å². The molecule has 0 atom stereocenters. The van der Waals surface area contributed by atoms with Crippen LogP contribution in [0.5, 0.6) is 0 Å². The highest BCUT2D eigenvalue weighted by Crippen LogP contribution is 2.38. The molecular weight excluding hydrogens is 358 g/mol. The van der Waals surface area contributed by atoms with Gasteiger partial charge in [-0.15, -0.1) is 0 Å². The molecule has 6 heteroatoms. The van der Waals surface area contributed by atoms with E-state index >= 15 is 0 Å². The first-order valence-corrected chi connectivity index (χ1v) is 9.37. The lowest BCUT2D eigenvalue weighted by atomic mass is 9.95. The van der Waals surface area contributed by atoms with Gasteiger partial charge in [0.1, 0.15) is 0 Å². The fourth-order valence-electron chi connectivity index (χ4n) is 3.49. The Labute approximate surface area is 164 Å². The van der Waals surface area contributed by atoms with Gasteiger partial charge < -0.3 is 9.47 Å². The number of benzene rings is 2. The van der Waals surface area contributed by atoms with Crippen LogP contribution in [0.15, 0.2) is 54.6 Å². The number of carbonyl (C=O) groups is 3. The van der Waals surface area contributed by atoms with E-state index in [0.29, 0.717) is 5.69 Å². The monoisotopic (exact) mass is 381 g/mol. The van der Waals surface area contributed by atoms with E-state index in [1.807, 2.05) is 42.5 Å². The summed E-state index contributed by atoms with van der Waals surface area (Å²) in [7, 11) is 0. The van der Waals surface area contributed by atoms with Crippen LogP contribution in [0.2, 0.25) is 0 Å². The van der Waals surface area contributed by atoms with Crippen LogP contribution in [-0.2, 0) is 23.9 Å². The number of ether oxygens (including phenoxy) is 2. The third-order valence-corrected chi connectivity index (χ3v) is 4.79. The van der Waals surface area contributed by atoms with Crippen molar-refractivity contribution >= 4 is 23.5 Å². The summed E-state index contributed by atoms with van der Waals surface area (Å²) in [6.07, 6.45) is 0.0992. The first kappa shape index (κ1) is 19.6. The molecule has 1 heterocycles. The van der Waals surface area contributed by atoms with Gasteiger partial charge >= 0.3 is 11.9 Å². The molecule has 2 aromatic rings. The average molecular weight is 381 g/mol. The van der Waals surface area contributed by atoms with Gasteiger partial charge in [-0.1, -0.05) is 42.5 Å². The van der Waals surface area contributed by atoms with Crippen LogP contribution >= 0.6 is 0 Å². The Morgan fingerprint density at radius 3 is 1.96 bits per heavy atom. The lowest BCUT2D eigenvalue weighted by molar-refractivity contribution is -0.164. The van der Waals surface area contributed by atoms with Crippen molar-refractivity contribution in [1.82, 2.24) is 0 Å². The second-order valence-electron chi connectivity index (χ2n) is 6.44. The van der Waals surface area contributed by atoms with Crippen LogP contribution < -0.4 is 4.90 Å². The number of hydrogen-bond acceptors (Lipinski definition) is 5. The fraction of sp³-hybridized carbons (Fsp3) is 0.318. The largest absolute Gasteiger partial charge is 0.464 e. The van der Waals surface area contributed by atoms with Gasteiger partial charge in [-0.3, -0.25) is 9.69 Å². The van der Waals surface area contributed by atoms with Gasteiger partial charge in [-0.25, -0.2) is 9.59 Å². The standard InChI is InChI=1S/C22H23NO5/c1-3-27-20(25)22(21(26)28-4-2)15-14-19(24)23(22)18-12-10-17(11-13-18)16-8-6-5-7-9-16/h5-13H,3-4,14-15H2,1-2H3. The Morgan fingerprint density at radius 1 is 0.893 bits per heavy atom. The highest BCUT2D eigenvalue weighted by Gasteiger charge is 2.60. The van der Waals surface area contributed by atoms with Crippen LogP contribution in [0.3, 0.4) is 0 Å². The van der Waals surface area contributed by atoms with Crippen LogP contribution in [0.25, 0.3) is 11.1 Å². The minimum atomic E-state index is -1.78. The molecule has 1 amide bonds. The van der Waals surface area contributed by atoms with Crippen LogP contribution in [0, 0.1) is 0 Å². The Hall–Kier alpha value is -3.15. The molecule has 146 valence electrons. The van der Waals surface area contributed by atoms with Gasteiger partial charge in [0.25, 0.3) is 0 Å². The number of rotatable bonds is 6. The zero-order valence-corrected chi connectivity index (χ0v) is 16.0. The van der Waals surface area contributed by atoms with Gasteiger partial charge in [-0.05, 0) is 37.1 Å². The summed E-state index contributed by atoms with van der Waals surface area (Å²) in [4.78, 5) is 39.5. The topological polar surface area (TPSA) is 72.9 Å². The molecule has 1 saturated heterocycles. The second-order valence-corrected chi connectivity index (χ2v) is 6.44. The molecule has 0 aromatic heterocycles. The predicted octanol–water partition coefficient (Wildman–Crippen LogP) is 3.35. The van der Waals surface area contributed by atoms with Crippen LogP contribution in [0.1, 0.15) is 26.7 Å². The van der Waals surface area contributed by atoms with Crippen molar-refractivity contribution in [3.8, 4) is 11.1 Å². The molecule has 0 radical (unpaired) electrons. The average Bonchev–Trinajstić information content (AvgIpc) is 3.07. The molecule has 0 N–H and O–H groups in total. The number of nitrogens with zero attached hydrogens (tertiary/aromatic N) is 1. The molecule has 1 aliphatic heterocycles. The Kier molecular flexibility index (Phi) is 5.78. The minimum Gasteiger partial charge on any atom is -0.464 e. The SMILES string of the molecule is CCOC(=O)C1(C(=O)OCC)CCC(=O)N1c1ccc(-c2ccccc2)cc1. The molecule has 0 spiro atoms. The maximum absolute atomic E-state index is 12.8. The van der Waals surface area contributed by atoms with Gasteiger partial charge in [0.15, 0.2) is 0 Å². The van der Waals surface area contributed by atoms with Crippen molar-refractivity contribution in [2.24, 2.45) is 0 Å². The van der Waals surface area contributed by atoms with Gasteiger partial charge in [0, 0.05) is 18.5 Å². The van der Waals surface area contributed by atoms with Crippen molar-refractivity contribution in [2.75, 3.05) is 18.1 Å². The summed E-state index contributed by atoms with van der Waals surface area (Å²) in [5.41, 5.74) is 0.679. The van der Waals surface area contributed by atoms with E-state index < -0.39 is 17.5 Å². The molecule has 0 aliphatic carbocycles. The minimum absolute atomic E-state index is 0.0317. The van der Waals surface area contributed by atoms with Gasteiger partial charge in [0.05, 0.1) is 13.2 Å². The summed E-state index contributed by atoms with van der Waals surface area (Å²) < 4.78 is 10.3. The van der Waals surface area contributed by atoms with Gasteiger partial charge in [-0.2, -0.15) is 0 Å². The quantitative estimate of drug-likeness (QED) is 0.567. The Balaban J connectivity index is 2.02. The summed E-state index contributed by atoms with van der Waals surface area (Å²) in [5, 5.41) is 0. The Morgan fingerprint density at radius 2 is 1.43 bits per heavy atom. The molecule has 0 saturated carbocycles. The van der Waals surface area contributed by atoms with E-state index in [9.17, 15) is 14.4 Å². The van der Waals surface area contributed by atoms with Crippen molar-refractivity contribution < 1.29 is 23.9 Å². The number of carbonyl (C=O) groups excluding carboxylic acids is 3. The molecular formula is C22H23NO5. The maximum atomic E-state index is 12.8. The van der Waals surface area contributed by atoms with Crippen molar-refractivity contribution in [1.29, 1.82) is 0 Å². The number of esters is 2. The van der Waals surface area contributed by atoms with E-state index in [0.717, 1.165) is 11.1 Å². The molecule has 0 bridgehead atoms. The highest BCUT2D eigenvalue weighted by atomic mass is 16.6. The lowest BCUT2D eigenvalue weighted by Gasteiger charge is -2.33. The van der Waals surface area contributed by atoms with E-state index in [-0.39, 0.29) is 32.0 Å². The third-order valence-electron chi connectivity index (χ3n) is 4.79. The highest BCUT2D eigenvalue weighted by molar-refractivity contribution is 6.18. The maximum Gasteiger partial charge on any atom is 0.344 e. The summed E-state index contributed by atoms with van der Waals surface area (Å²) in [6, 6.07) is 17.0. The van der Waals surface area contributed by atoms with E-state index in [1.54, 1.807) is 26.0 Å². The number of anilines is 1. The van der Waals surface area contributed by atoms with E-state index in [1.165, 1.54) is 4.90 Å². The normalized spacial score (nSPS) is 15.4. The van der Waals surface area contributed by atoms with Crippen molar-refractivity contribution in [3.63, 3.8) is 0 Å². The molecule has 28 heavy (non-hydrogen) atoms. The second kappa shape index (κ2) is 8.25. The van der Waals surface area contributed by atoms with Crippen LogP contribution in [0.4, 0.5) is 5.69 Å². The Bertz CT molecular complexity index is 842. The lowest BCUT2D eigenvalue weighted by Crippen LogP contribution is -2.59. The molecule has 1 aliphatic rings. The van der Waals surface area contributed by atoms with Crippen molar-refractivity contribution in [2.45, 2.75) is 32.2 Å². The third kappa shape index (κ3) is 3.38. The molecule has 2 aromatic carbocycles.